The summed E-state index contributed by atoms with van der Waals surface area (Å²) in [4.78, 5) is 12.2. The molecule has 7 heteroatoms. The number of carbonyl (C=O) groups excluding carboxylic acids is 1. The molecular formula is C13H12BrF2N3O. The van der Waals surface area contributed by atoms with E-state index in [9.17, 15) is 13.6 Å². The Labute approximate surface area is 122 Å². The highest BCUT2D eigenvalue weighted by molar-refractivity contribution is 9.10. The molecule has 0 aliphatic rings. The first kappa shape index (κ1) is 14.6. The monoisotopic (exact) mass is 343 g/mol. The zero-order chi connectivity index (χ0) is 15.0. The topological polar surface area (TPSA) is 46.9 Å². The van der Waals surface area contributed by atoms with Gasteiger partial charge in [0, 0.05) is 18.8 Å². The van der Waals surface area contributed by atoms with Crippen molar-refractivity contribution in [2.24, 2.45) is 7.05 Å². The molecule has 0 spiro atoms. The van der Waals surface area contributed by atoms with E-state index < -0.39 is 17.5 Å². The summed E-state index contributed by atoms with van der Waals surface area (Å²) in [5.41, 5.74) is 1.33. The lowest BCUT2D eigenvalue weighted by molar-refractivity contribution is 0.102. The van der Waals surface area contributed by atoms with Gasteiger partial charge >= 0.3 is 0 Å². The van der Waals surface area contributed by atoms with Crippen LogP contribution in [0.5, 0.6) is 0 Å². The average molecular weight is 344 g/mol. The first-order chi connectivity index (χ1) is 9.31. The number of nitrogens with zero attached hydrogens (tertiary/aromatic N) is 2. The molecule has 0 unspecified atom stereocenters. The van der Waals surface area contributed by atoms with Crippen LogP contribution in [-0.2, 0) is 7.05 Å². The van der Waals surface area contributed by atoms with E-state index in [0.717, 1.165) is 12.1 Å². The van der Waals surface area contributed by atoms with Gasteiger partial charge in [-0.05, 0) is 35.8 Å². The summed E-state index contributed by atoms with van der Waals surface area (Å²) in [7, 11) is 1.71. The van der Waals surface area contributed by atoms with Crippen LogP contribution in [0.1, 0.15) is 21.7 Å². The molecule has 0 bridgehead atoms. The van der Waals surface area contributed by atoms with Gasteiger partial charge in [0.15, 0.2) is 0 Å². The Hall–Kier alpha value is -1.76. The molecule has 0 saturated heterocycles. The van der Waals surface area contributed by atoms with Crippen LogP contribution in [0.3, 0.4) is 0 Å². The number of amides is 1. The van der Waals surface area contributed by atoms with Crippen molar-refractivity contribution in [2.45, 2.75) is 13.8 Å². The number of aromatic nitrogens is 2. The van der Waals surface area contributed by atoms with Gasteiger partial charge in [-0.25, -0.2) is 8.78 Å². The van der Waals surface area contributed by atoms with Crippen LogP contribution in [0.4, 0.5) is 14.5 Å². The van der Waals surface area contributed by atoms with Crippen molar-refractivity contribution in [3.8, 4) is 0 Å². The lowest BCUT2D eigenvalue weighted by atomic mass is 10.1. The molecule has 1 aromatic carbocycles. The summed E-state index contributed by atoms with van der Waals surface area (Å²) < 4.78 is 28.6. The van der Waals surface area contributed by atoms with Crippen molar-refractivity contribution in [3.05, 3.63) is 45.2 Å². The smallest absolute Gasteiger partial charge is 0.259 e. The lowest BCUT2D eigenvalue weighted by Gasteiger charge is -2.08. The predicted octanol–water partition coefficient (Wildman–Crippen LogP) is 3.33. The summed E-state index contributed by atoms with van der Waals surface area (Å²) in [5, 5.41) is 6.47. The summed E-state index contributed by atoms with van der Waals surface area (Å²) in [6.45, 7) is 3.41. The minimum atomic E-state index is -0.717. The van der Waals surface area contributed by atoms with E-state index in [2.05, 4.69) is 26.3 Å². The van der Waals surface area contributed by atoms with Crippen molar-refractivity contribution >= 4 is 27.5 Å². The molecule has 2 rings (SSSR count). The third-order valence-electron chi connectivity index (χ3n) is 2.99. The molecule has 0 radical (unpaired) electrons. The van der Waals surface area contributed by atoms with Crippen molar-refractivity contribution < 1.29 is 13.6 Å². The fourth-order valence-corrected chi connectivity index (χ4v) is 2.22. The zero-order valence-electron chi connectivity index (χ0n) is 11.1. The van der Waals surface area contributed by atoms with Crippen molar-refractivity contribution in [1.29, 1.82) is 0 Å². The van der Waals surface area contributed by atoms with E-state index in [1.54, 1.807) is 25.6 Å². The van der Waals surface area contributed by atoms with Gasteiger partial charge in [0.25, 0.3) is 5.91 Å². The van der Waals surface area contributed by atoms with Crippen LogP contribution >= 0.6 is 15.9 Å². The number of rotatable bonds is 2. The maximum Gasteiger partial charge on any atom is 0.259 e. The largest absolute Gasteiger partial charge is 0.319 e. The zero-order valence-corrected chi connectivity index (χ0v) is 12.7. The minimum absolute atomic E-state index is 0.00161. The fraction of sp³-hybridized carbons (Fsp3) is 0.231. The quantitative estimate of drug-likeness (QED) is 0.850. The summed E-state index contributed by atoms with van der Waals surface area (Å²) in [6.07, 6.45) is 0. The predicted molar refractivity (Wildman–Crippen MR) is 74.7 cm³/mol. The number of carbonyl (C=O) groups is 1. The van der Waals surface area contributed by atoms with E-state index in [4.69, 9.17) is 0 Å². The molecule has 106 valence electrons. The first-order valence-corrected chi connectivity index (χ1v) is 6.56. The van der Waals surface area contributed by atoms with Gasteiger partial charge in [0.1, 0.15) is 11.6 Å². The third kappa shape index (κ3) is 2.58. The number of halogens is 3. The number of hydrogen-bond donors (Lipinski definition) is 1. The molecule has 0 aliphatic carbocycles. The molecule has 1 aromatic heterocycles. The second-order valence-corrected chi connectivity index (χ2v) is 5.22. The van der Waals surface area contributed by atoms with Crippen LogP contribution in [0, 0.1) is 25.5 Å². The van der Waals surface area contributed by atoms with Crippen molar-refractivity contribution in [2.75, 3.05) is 5.32 Å². The fourth-order valence-electron chi connectivity index (χ4n) is 1.91. The number of anilines is 1. The van der Waals surface area contributed by atoms with Crippen molar-refractivity contribution in [3.63, 3.8) is 0 Å². The van der Waals surface area contributed by atoms with Gasteiger partial charge in [-0.15, -0.1) is 0 Å². The van der Waals surface area contributed by atoms with Gasteiger partial charge in [0.05, 0.1) is 21.4 Å². The molecule has 1 N–H and O–H groups in total. The van der Waals surface area contributed by atoms with Gasteiger partial charge in [-0.1, -0.05) is 0 Å². The Morgan fingerprint density at radius 2 is 1.95 bits per heavy atom. The maximum absolute atomic E-state index is 13.7. The number of benzene rings is 1. The highest BCUT2D eigenvalue weighted by Gasteiger charge is 2.19. The van der Waals surface area contributed by atoms with Crippen LogP contribution in [0.15, 0.2) is 16.6 Å². The third-order valence-corrected chi connectivity index (χ3v) is 3.60. The molecule has 0 atom stereocenters. The van der Waals surface area contributed by atoms with E-state index >= 15 is 0 Å². The Balaban J connectivity index is 2.35. The van der Waals surface area contributed by atoms with Crippen LogP contribution in [0.25, 0.3) is 0 Å². The number of aryl methyl sites for hydroxylation is 2. The molecule has 2 aromatic rings. The van der Waals surface area contributed by atoms with Crippen LogP contribution in [0.2, 0.25) is 0 Å². The van der Waals surface area contributed by atoms with E-state index in [0.29, 0.717) is 17.0 Å². The maximum atomic E-state index is 13.7. The Morgan fingerprint density at radius 3 is 2.50 bits per heavy atom. The number of nitrogens with one attached hydrogen (secondary N) is 1. The van der Waals surface area contributed by atoms with Crippen LogP contribution < -0.4 is 5.32 Å². The van der Waals surface area contributed by atoms with E-state index in [1.807, 2.05) is 0 Å². The highest BCUT2D eigenvalue weighted by Crippen LogP contribution is 2.24. The molecule has 0 saturated carbocycles. The average Bonchev–Trinajstić information content (AvgIpc) is 2.60. The number of hydrogen-bond acceptors (Lipinski definition) is 2. The van der Waals surface area contributed by atoms with Gasteiger partial charge < -0.3 is 5.32 Å². The summed E-state index contributed by atoms with van der Waals surface area (Å²) in [5.74, 6) is -1.89. The van der Waals surface area contributed by atoms with Gasteiger partial charge in [-0.3, -0.25) is 9.48 Å². The Morgan fingerprint density at radius 1 is 1.30 bits per heavy atom. The normalized spacial score (nSPS) is 10.7. The standard InChI is InChI=1S/C13H12BrF2N3O/c1-6-12(7(2)19(3)18-6)13(20)17-11-5-9(15)8(14)4-10(11)16/h4-5H,1-3H3,(H,17,20). The second-order valence-electron chi connectivity index (χ2n) is 4.37. The van der Waals surface area contributed by atoms with E-state index in [-0.39, 0.29) is 10.2 Å². The highest BCUT2D eigenvalue weighted by atomic mass is 79.9. The molecule has 1 heterocycles. The minimum Gasteiger partial charge on any atom is -0.319 e. The molecular weight excluding hydrogens is 332 g/mol. The van der Waals surface area contributed by atoms with Gasteiger partial charge in [-0.2, -0.15) is 5.10 Å². The summed E-state index contributed by atoms with van der Waals surface area (Å²) >= 11 is 2.88. The van der Waals surface area contributed by atoms with Crippen LogP contribution in [-0.4, -0.2) is 15.7 Å². The van der Waals surface area contributed by atoms with Gasteiger partial charge in [0.2, 0.25) is 0 Å². The first-order valence-electron chi connectivity index (χ1n) is 5.77. The molecule has 1 amide bonds. The lowest BCUT2D eigenvalue weighted by Crippen LogP contribution is -2.15. The second kappa shape index (κ2) is 5.32. The molecule has 4 nitrogen and oxygen atoms in total. The SMILES string of the molecule is Cc1nn(C)c(C)c1C(=O)Nc1cc(F)c(Br)cc1F. The Kier molecular flexibility index (Phi) is 3.89. The summed E-state index contributed by atoms with van der Waals surface area (Å²) in [6, 6.07) is 1.90. The van der Waals surface area contributed by atoms with E-state index in [1.165, 1.54) is 0 Å². The molecule has 0 aliphatic heterocycles. The molecule has 20 heavy (non-hydrogen) atoms. The Bertz CT molecular complexity index is 697. The van der Waals surface area contributed by atoms with Crippen molar-refractivity contribution in [1.82, 2.24) is 9.78 Å². The molecule has 0 fully saturated rings.